The summed E-state index contributed by atoms with van der Waals surface area (Å²) in [5, 5.41) is 0.629. The van der Waals surface area contributed by atoms with Crippen LogP contribution in [0.1, 0.15) is 51.0 Å². The van der Waals surface area contributed by atoms with Crippen molar-refractivity contribution >= 4 is 27.7 Å². The Kier molecular flexibility index (Phi) is 6.87. The zero-order valence-electron chi connectivity index (χ0n) is 16.3. The Morgan fingerprint density at radius 1 is 1.07 bits per heavy atom. The van der Waals surface area contributed by atoms with Gasteiger partial charge in [0, 0.05) is 31.4 Å². The predicted molar refractivity (Wildman–Crippen MR) is 111 cm³/mol. The summed E-state index contributed by atoms with van der Waals surface area (Å²) < 4.78 is 27.2. The Bertz CT molecular complexity index is 733. The number of piperazine rings is 1. The smallest absolute Gasteiger partial charge is 0.243 e. The number of hydrogen-bond acceptors (Lipinski definition) is 4. The van der Waals surface area contributed by atoms with E-state index in [1.54, 1.807) is 23.9 Å². The SMILES string of the molecule is CC(C)c1ccc(S(=O)(=O)N2CCN(C(=O)CSC3CCCC3)CC2)cc1. The topological polar surface area (TPSA) is 57.7 Å². The van der Waals surface area contributed by atoms with Gasteiger partial charge in [-0.3, -0.25) is 4.79 Å². The number of carbonyl (C=O) groups is 1. The molecule has 2 fully saturated rings. The van der Waals surface area contributed by atoms with E-state index in [-0.39, 0.29) is 5.91 Å². The van der Waals surface area contributed by atoms with E-state index >= 15 is 0 Å². The molecule has 0 N–H and O–H groups in total. The molecule has 1 amide bonds. The van der Waals surface area contributed by atoms with E-state index in [0.29, 0.717) is 48.0 Å². The average molecular weight is 411 g/mol. The van der Waals surface area contributed by atoms with Gasteiger partial charge in [-0.1, -0.05) is 38.8 Å². The molecule has 1 heterocycles. The van der Waals surface area contributed by atoms with Crippen molar-refractivity contribution in [2.75, 3.05) is 31.9 Å². The molecule has 0 spiro atoms. The van der Waals surface area contributed by atoms with E-state index in [1.807, 2.05) is 17.0 Å². The molecule has 0 atom stereocenters. The molecule has 1 aromatic rings. The van der Waals surface area contributed by atoms with Crippen LogP contribution in [-0.2, 0) is 14.8 Å². The van der Waals surface area contributed by atoms with Gasteiger partial charge in [0.05, 0.1) is 10.6 Å². The highest BCUT2D eigenvalue weighted by Crippen LogP contribution is 2.29. The molecule has 3 rings (SSSR count). The van der Waals surface area contributed by atoms with Gasteiger partial charge >= 0.3 is 0 Å². The summed E-state index contributed by atoms with van der Waals surface area (Å²) in [6.45, 7) is 5.87. The first-order valence-corrected chi connectivity index (χ1v) is 12.4. The standard InChI is InChI=1S/C20H30N2O3S2/c1-16(2)17-7-9-19(10-8-17)27(24,25)22-13-11-21(12-14-22)20(23)15-26-18-5-3-4-6-18/h7-10,16,18H,3-6,11-15H2,1-2H3. The van der Waals surface area contributed by atoms with E-state index in [2.05, 4.69) is 13.8 Å². The minimum atomic E-state index is -3.49. The molecule has 0 unspecified atom stereocenters. The third kappa shape index (κ3) is 5.06. The molecule has 27 heavy (non-hydrogen) atoms. The third-order valence-electron chi connectivity index (χ3n) is 5.52. The Labute approximate surface area is 167 Å². The van der Waals surface area contributed by atoms with Crippen molar-refractivity contribution in [3.05, 3.63) is 29.8 Å². The van der Waals surface area contributed by atoms with Gasteiger partial charge in [-0.15, -0.1) is 11.8 Å². The summed E-state index contributed by atoms with van der Waals surface area (Å²) in [5.41, 5.74) is 1.13. The molecule has 150 valence electrons. The van der Waals surface area contributed by atoms with Crippen molar-refractivity contribution in [2.45, 2.75) is 55.6 Å². The Hall–Kier alpha value is -1.05. The van der Waals surface area contributed by atoms with Crippen LogP contribution in [-0.4, -0.2) is 60.7 Å². The van der Waals surface area contributed by atoms with E-state index in [4.69, 9.17) is 0 Å². The summed E-state index contributed by atoms with van der Waals surface area (Å²) in [5.74, 6) is 1.04. The van der Waals surface area contributed by atoms with Gasteiger partial charge in [-0.05, 0) is 36.5 Å². The molecule has 7 heteroatoms. The second kappa shape index (κ2) is 8.97. The van der Waals surface area contributed by atoms with Crippen molar-refractivity contribution in [3.8, 4) is 0 Å². The molecule has 1 saturated heterocycles. The van der Waals surface area contributed by atoms with Crippen molar-refractivity contribution in [3.63, 3.8) is 0 Å². The molecule has 1 aliphatic carbocycles. The van der Waals surface area contributed by atoms with Crippen LogP contribution in [0.4, 0.5) is 0 Å². The van der Waals surface area contributed by atoms with Gasteiger partial charge in [0.2, 0.25) is 15.9 Å². The quantitative estimate of drug-likeness (QED) is 0.722. The molecular formula is C20H30N2O3S2. The minimum absolute atomic E-state index is 0.144. The van der Waals surface area contributed by atoms with Crippen LogP contribution in [0, 0.1) is 0 Å². The summed E-state index contributed by atoms with van der Waals surface area (Å²) in [7, 11) is -3.49. The highest BCUT2D eigenvalue weighted by molar-refractivity contribution is 8.00. The number of benzene rings is 1. The summed E-state index contributed by atoms with van der Waals surface area (Å²) in [6, 6.07) is 7.16. The van der Waals surface area contributed by atoms with Crippen LogP contribution in [0.3, 0.4) is 0 Å². The van der Waals surface area contributed by atoms with Crippen LogP contribution in [0.15, 0.2) is 29.2 Å². The lowest BCUT2D eigenvalue weighted by atomic mass is 10.0. The first kappa shape index (κ1) is 20.7. The van der Waals surface area contributed by atoms with Crippen molar-refractivity contribution in [2.24, 2.45) is 0 Å². The monoisotopic (exact) mass is 410 g/mol. The lowest BCUT2D eigenvalue weighted by Gasteiger charge is -2.34. The van der Waals surface area contributed by atoms with Crippen LogP contribution in [0.5, 0.6) is 0 Å². The number of nitrogens with zero attached hydrogens (tertiary/aromatic N) is 2. The molecular weight excluding hydrogens is 380 g/mol. The number of amides is 1. The first-order valence-electron chi connectivity index (χ1n) is 9.87. The lowest BCUT2D eigenvalue weighted by molar-refractivity contribution is -0.129. The van der Waals surface area contributed by atoms with E-state index in [9.17, 15) is 13.2 Å². The molecule has 1 aromatic carbocycles. The number of carbonyl (C=O) groups excluding carboxylic acids is 1. The van der Waals surface area contributed by atoms with Gasteiger partial charge < -0.3 is 4.90 Å². The normalized spacial score (nSPS) is 19.7. The summed E-state index contributed by atoms with van der Waals surface area (Å²) in [4.78, 5) is 14.6. The van der Waals surface area contributed by atoms with E-state index < -0.39 is 10.0 Å². The summed E-state index contributed by atoms with van der Waals surface area (Å²) in [6.07, 6.45) is 5.00. The minimum Gasteiger partial charge on any atom is -0.339 e. The van der Waals surface area contributed by atoms with E-state index in [0.717, 1.165) is 5.56 Å². The first-order chi connectivity index (χ1) is 12.9. The van der Waals surface area contributed by atoms with Gasteiger partial charge in [-0.25, -0.2) is 8.42 Å². The zero-order valence-corrected chi connectivity index (χ0v) is 17.9. The number of thioether (sulfide) groups is 1. The Morgan fingerprint density at radius 2 is 1.67 bits per heavy atom. The third-order valence-corrected chi connectivity index (χ3v) is 8.79. The van der Waals surface area contributed by atoms with Crippen molar-refractivity contribution in [1.82, 2.24) is 9.21 Å². The fraction of sp³-hybridized carbons (Fsp3) is 0.650. The Balaban J connectivity index is 1.53. The van der Waals surface area contributed by atoms with Gasteiger partial charge in [0.1, 0.15) is 0 Å². The van der Waals surface area contributed by atoms with Crippen LogP contribution in [0.2, 0.25) is 0 Å². The van der Waals surface area contributed by atoms with Crippen molar-refractivity contribution in [1.29, 1.82) is 0 Å². The maximum Gasteiger partial charge on any atom is 0.243 e. The molecule has 5 nitrogen and oxygen atoms in total. The fourth-order valence-corrected chi connectivity index (χ4v) is 6.34. The molecule has 1 saturated carbocycles. The largest absolute Gasteiger partial charge is 0.339 e. The van der Waals surface area contributed by atoms with Crippen molar-refractivity contribution < 1.29 is 13.2 Å². The maximum atomic E-state index is 12.9. The average Bonchev–Trinajstić information content (AvgIpc) is 3.20. The Morgan fingerprint density at radius 3 is 2.22 bits per heavy atom. The molecule has 0 bridgehead atoms. The fourth-order valence-electron chi connectivity index (χ4n) is 3.69. The molecule has 1 aliphatic heterocycles. The van der Waals surface area contributed by atoms with Crippen LogP contribution >= 0.6 is 11.8 Å². The second-order valence-corrected chi connectivity index (χ2v) is 11.0. The number of hydrogen-bond donors (Lipinski definition) is 0. The van der Waals surface area contributed by atoms with Gasteiger partial charge in [0.25, 0.3) is 0 Å². The maximum absolute atomic E-state index is 12.9. The lowest BCUT2D eigenvalue weighted by Crippen LogP contribution is -2.51. The van der Waals surface area contributed by atoms with Gasteiger partial charge in [0.15, 0.2) is 0 Å². The summed E-state index contributed by atoms with van der Waals surface area (Å²) >= 11 is 1.77. The zero-order chi connectivity index (χ0) is 19.4. The molecule has 0 radical (unpaired) electrons. The van der Waals surface area contributed by atoms with Crippen LogP contribution in [0.25, 0.3) is 0 Å². The highest BCUT2D eigenvalue weighted by Gasteiger charge is 2.30. The van der Waals surface area contributed by atoms with Crippen LogP contribution < -0.4 is 0 Å². The number of sulfonamides is 1. The molecule has 0 aromatic heterocycles. The highest BCUT2D eigenvalue weighted by atomic mass is 32.2. The van der Waals surface area contributed by atoms with Gasteiger partial charge in [-0.2, -0.15) is 4.31 Å². The predicted octanol–water partition coefficient (Wildman–Crippen LogP) is 3.32. The number of rotatable bonds is 6. The second-order valence-electron chi connectivity index (χ2n) is 7.73. The van der Waals surface area contributed by atoms with E-state index in [1.165, 1.54) is 30.0 Å². The molecule has 2 aliphatic rings.